The number of sulfonamides is 1. The van der Waals surface area contributed by atoms with E-state index in [1.807, 2.05) is 11.6 Å². The summed E-state index contributed by atoms with van der Waals surface area (Å²) in [7, 11) is -4.02. The van der Waals surface area contributed by atoms with Crippen molar-refractivity contribution in [2.24, 2.45) is 5.73 Å². The SMILES string of the molecule is CCCc1ccc(S(=O)(=O)N[C@H](CC(N)=O)C(=O)O)cc1. The summed E-state index contributed by atoms with van der Waals surface area (Å²) in [5.41, 5.74) is 5.89. The molecule has 0 saturated carbocycles. The maximum atomic E-state index is 12.1. The largest absolute Gasteiger partial charge is 0.480 e. The fourth-order valence-corrected chi connectivity index (χ4v) is 2.95. The maximum Gasteiger partial charge on any atom is 0.322 e. The molecule has 116 valence electrons. The Balaban J connectivity index is 2.93. The Kier molecular flexibility index (Phi) is 5.86. The number of carboxylic acid groups (broad SMARTS) is 1. The van der Waals surface area contributed by atoms with Gasteiger partial charge in [0.05, 0.1) is 11.3 Å². The zero-order valence-electron chi connectivity index (χ0n) is 11.6. The Morgan fingerprint density at radius 3 is 2.29 bits per heavy atom. The standard InChI is InChI=1S/C13H18N2O5S/c1-2-3-9-4-6-10(7-5-9)21(19,20)15-11(13(17)18)8-12(14)16/h4-7,11,15H,2-3,8H2,1H3,(H2,14,16)(H,17,18)/t11-/m1/s1. The molecule has 0 aliphatic rings. The Labute approximate surface area is 123 Å². The van der Waals surface area contributed by atoms with E-state index in [-0.39, 0.29) is 4.90 Å². The lowest BCUT2D eigenvalue weighted by molar-refractivity contribution is -0.140. The first-order valence-corrected chi connectivity index (χ1v) is 7.87. The van der Waals surface area contributed by atoms with Crippen LogP contribution in [0.4, 0.5) is 0 Å². The second-order valence-electron chi connectivity index (χ2n) is 4.58. The molecule has 0 saturated heterocycles. The number of hydrogen-bond donors (Lipinski definition) is 3. The number of aryl methyl sites for hydroxylation is 1. The van der Waals surface area contributed by atoms with Crippen molar-refractivity contribution in [3.05, 3.63) is 29.8 Å². The average molecular weight is 314 g/mol. The molecule has 0 heterocycles. The van der Waals surface area contributed by atoms with Crippen LogP contribution < -0.4 is 10.5 Å². The highest BCUT2D eigenvalue weighted by Gasteiger charge is 2.26. The molecule has 7 nitrogen and oxygen atoms in total. The summed E-state index contributed by atoms with van der Waals surface area (Å²) in [5.74, 6) is -2.36. The molecule has 0 aromatic heterocycles. The number of carbonyl (C=O) groups excluding carboxylic acids is 1. The number of amides is 1. The maximum absolute atomic E-state index is 12.1. The van der Waals surface area contributed by atoms with Gasteiger partial charge in [-0.05, 0) is 24.1 Å². The summed E-state index contributed by atoms with van der Waals surface area (Å²) in [5, 5.41) is 8.91. The number of primary amides is 1. The summed E-state index contributed by atoms with van der Waals surface area (Å²) in [6.45, 7) is 2.01. The molecule has 1 aromatic rings. The third kappa shape index (κ3) is 5.16. The molecule has 0 aliphatic carbocycles. The van der Waals surface area contributed by atoms with E-state index >= 15 is 0 Å². The number of hydrogen-bond acceptors (Lipinski definition) is 4. The van der Waals surface area contributed by atoms with Gasteiger partial charge in [-0.25, -0.2) is 8.42 Å². The van der Waals surface area contributed by atoms with Gasteiger partial charge in [-0.1, -0.05) is 25.5 Å². The van der Waals surface area contributed by atoms with Crippen molar-refractivity contribution in [1.29, 1.82) is 0 Å². The number of aliphatic carboxylic acids is 1. The summed E-state index contributed by atoms with van der Waals surface area (Å²) in [6, 6.07) is 4.56. The zero-order valence-corrected chi connectivity index (χ0v) is 12.4. The van der Waals surface area contributed by atoms with Crippen LogP contribution in [0.1, 0.15) is 25.3 Å². The molecule has 0 aliphatic heterocycles. The van der Waals surface area contributed by atoms with E-state index in [0.717, 1.165) is 18.4 Å². The summed E-state index contributed by atoms with van der Waals surface area (Å²) in [4.78, 5) is 21.7. The van der Waals surface area contributed by atoms with Crippen LogP contribution in [-0.4, -0.2) is 31.4 Å². The van der Waals surface area contributed by atoms with E-state index in [9.17, 15) is 18.0 Å². The summed E-state index contributed by atoms with van der Waals surface area (Å²) >= 11 is 0. The summed E-state index contributed by atoms with van der Waals surface area (Å²) < 4.78 is 26.1. The third-order valence-corrected chi connectivity index (χ3v) is 4.26. The zero-order chi connectivity index (χ0) is 16.0. The van der Waals surface area contributed by atoms with Crippen LogP contribution in [0.15, 0.2) is 29.2 Å². The van der Waals surface area contributed by atoms with Gasteiger partial charge in [0.25, 0.3) is 0 Å². The molecule has 1 amide bonds. The van der Waals surface area contributed by atoms with Gasteiger partial charge >= 0.3 is 5.97 Å². The molecule has 21 heavy (non-hydrogen) atoms. The first kappa shape index (κ1) is 17.1. The van der Waals surface area contributed by atoms with Crippen LogP contribution >= 0.6 is 0 Å². The van der Waals surface area contributed by atoms with Crippen LogP contribution in [0.25, 0.3) is 0 Å². The van der Waals surface area contributed by atoms with Crippen molar-refractivity contribution in [3.8, 4) is 0 Å². The molecule has 1 rings (SSSR count). The fourth-order valence-electron chi connectivity index (χ4n) is 1.76. The number of nitrogens with one attached hydrogen (secondary N) is 1. The lowest BCUT2D eigenvalue weighted by Gasteiger charge is -2.13. The molecule has 1 aromatic carbocycles. The molecular weight excluding hydrogens is 296 g/mol. The highest BCUT2D eigenvalue weighted by atomic mass is 32.2. The van der Waals surface area contributed by atoms with Gasteiger partial charge in [0, 0.05) is 0 Å². The number of nitrogens with two attached hydrogens (primary N) is 1. The number of carbonyl (C=O) groups is 2. The van der Waals surface area contributed by atoms with Gasteiger partial charge in [0.1, 0.15) is 6.04 Å². The lowest BCUT2D eigenvalue weighted by Crippen LogP contribution is -2.43. The second kappa shape index (κ2) is 7.19. The van der Waals surface area contributed by atoms with Crippen molar-refractivity contribution in [1.82, 2.24) is 4.72 Å². The molecular formula is C13H18N2O5S. The first-order chi connectivity index (χ1) is 9.76. The van der Waals surface area contributed by atoms with Crippen LogP contribution in [-0.2, 0) is 26.0 Å². The van der Waals surface area contributed by atoms with Gasteiger partial charge in [0.15, 0.2) is 0 Å². The van der Waals surface area contributed by atoms with Crippen molar-refractivity contribution in [2.75, 3.05) is 0 Å². The Bertz CT molecular complexity index is 610. The average Bonchev–Trinajstić information content (AvgIpc) is 2.38. The number of rotatable bonds is 8. The van der Waals surface area contributed by atoms with Crippen LogP contribution in [0, 0.1) is 0 Å². The molecule has 0 spiro atoms. The normalized spacial score (nSPS) is 12.8. The molecule has 4 N–H and O–H groups in total. The molecule has 0 fully saturated rings. The van der Waals surface area contributed by atoms with E-state index in [4.69, 9.17) is 10.8 Å². The molecule has 0 unspecified atom stereocenters. The quantitative estimate of drug-likeness (QED) is 0.634. The Hall–Kier alpha value is -1.93. The highest BCUT2D eigenvalue weighted by Crippen LogP contribution is 2.13. The van der Waals surface area contributed by atoms with Gasteiger partial charge in [-0.15, -0.1) is 0 Å². The van der Waals surface area contributed by atoms with E-state index in [0.29, 0.717) is 0 Å². The highest BCUT2D eigenvalue weighted by molar-refractivity contribution is 7.89. The van der Waals surface area contributed by atoms with Crippen LogP contribution in [0.5, 0.6) is 0 Å². The smallest absolute Gasteiger partial charge is 0.322 e. The van der Waals surface area contributed by atoms with E-state index in [1.54, 1.807) is 12.1 Å². The first-order valence-electron chi connectivity index (χ1n) is 6.38. The van der Waals surface area contributed by atoms with E-state index in [1.165, 1.54) is 12.1 Å². The van der Waals surface area contributed by atoms with Crippen LogP contribution in [0.2, 0.25) is 0 Å². The fraction of sp³-hybridized carbons (Fsp3) is 0.385. The number of benzene rings is 1. The lowest BCUT2D eigenvalue weighted by atomic mass is 10.1. The van der Waals surface area contributed by atoms with Crippen LogP contribution in [0.3, 0.4) is 0 Å². The topological polar surface area (TPSA) is 127 Å². The minimum Gasteiger partial charge on any atom is -0.480 e. The van der Waals surface area contributed by atoms with E-state index < -0.39 is 34.4 Å². The third-order valence-electron chi connectivity index (χ3n) is 2.77. The minimum atomic E-state index is -4.02. The minimum absolute atomic E-state index is 0.0573. The molecule has 0 radical (unpaired) electrons. The Morgan fingerprint density at radius 1 is 1.29 bits per heavy atom. The monoisotopic (exact) mass is 314 g/mol. The van der Waals surface area contributed by atoms with E-state index in [2.05, 4.69) is 0 Å². The van der Waals surface area contributed by atoms with Crippen molar-refractivity contribution in [3.63, 3.8) is 0 Å². The number of carboxylic acids is 1. The van der Waals surface area contributed by atoms with Gasteiger partial charge in [0.2, 0.25) is 15.9 Å². The van der Waals surface area contributed by atoms with Crippen molar-refractivity contribution in [2.45, 2.75) is 37.1 Å². The summed E-state index contributed by atoms with van der Waals surface area (Å²) in [6.07, 6.45) is 1.15. The predicted octanol–water partition coefficient (Wildman–Crippen LogP) is 0.246. The second-order valence-corrected chi connectivity index (χ2v) is 6.29. The van der Waals surface area contributed by atoms with Gasteiger partial charge < -0.3 is 10.8 Å². The van der Waals surface area contributed by atoms with Gasteiger partial charge in [-0.2, -0.15) is 4.72 Å². The molecule has 8 heteroatoms. The Morgan fingerprint density at radius 2 is 1.86 bits per heavy atom. The molecule has 1 atom stereocenters. The van der Waals surface area contributed by atoms with Gasteiger partial charge in [-0.3, -0.25) is 9.59 Å². The van der Waals surface area contributed by atoms with Crippen molar-refractivity contribution < 1.29 is 23.1 Å². The molecule has 0 bridgehead atoms. The predicted molar refractivity (Wildman–Crippen MR) is 76.0 cm³/mol. The van der Waals surface area contributed by atoms with Crippen molar-refractivity contribution >= 4 is 21.9 Å².